The molecule has 0 spiro atoms. The standard InChI is InChI=1S/C9H13O3P/c1-2-9(8(10)11)5-3-4-7(9)6-13-12/h7H,2-5H2,1H3,(H,10,11). The van der Waals surface area contributed by atoms with E-state index in [-0.39, 0.29) is 13.8 Å². The zero-order chi connectivity index (χ0) is 9.90. The van der Waals surface area contributed by atoms with Crippen molar-refractivity contribution < 1.29 is 14.5 Å². The van der Waals surface area contributed by atoms with E-state index in [9.17, 15) is 9.36 Å². The Labute approximate surface area is 78.6 Å². The molecule has 0 bridgehead atoms. The molecule has 2 unspecified atom stereocenters. The molecule has 0 amide bonds. The van der Waals surface area contributed by atoms with E-state index in [0.717, 1.165) is 12.8 Å². The van der Waals surface area contributed by atoms with E-state index in [2.05, 4.69) is 5.63 Å². The van der Waals surface area contributed by atoms with Gasteiger partial charge in [-0.1, -0.05) is 0 Å². The number of aliphatic carboxylic acids is 1. The molecule has 72 valence electrons. The maximum absolute atomic E-state index is 11.1. The van der Waals surface area contributed by atoms with E-state index >= 15 is 0 Å². The van der Waals surface area contributed by atoms with E-state index in [1.807, 2.05) is 6.92 Å². The monoisotopic (exact) mass is 200 g/mol. The van der Waals surface area contributed by atoms with Gasteiger partial charge in [0.15, 0.2) is 0 Å². The molecule has 13 heavy (non-hydrogen) atoms. The third-order valence-corrected chi connectivity index (χ3v) is 3.47. The predicted molar refractivity (Wildman–Crippen MR) is 49.2 cm³/mol. The number of hydrogen-bond donors (Lipinski definition) is 1. The average Bonchev–Trinajstić information content (AvgIpc) is 2.49. The molecule has 0 saturated heterocycles. The molecule has 0 aromatic carbocycles. The first-order valence-corrected chi connectivity index (χ1v) is 5.30. The number of carboxylic acids is 1. The van der Waals surface area contributed by atoms with Crippen LogP contribution in [0.5, 0.6) is 0 Å². The van der Waals surface area contributed by atoms with Crippen LogP contribution < -0.4 is 0 Å². The Balaban J connectivity index is 3.00. The molecule has 2 atom stereocenters. The van der Waals surface area contributed by atoms with Gasteiger partial charge in [-0.3, -0.25) is 0 Å². The summed E-state index contributed by atoms with van der Waals surface area (Å²) in [4.78, 5) is 11.1. The Hall–Kier alpha value is -0.520. The molecule has 1 rings (SSSR count). The van der Waals surface area contributed by atoms with Crippen molar-refractivity contribution in [2.45, 2.75) is 32.6 Å². The van der Waals surface area contributed by atoms with Crippen LogP contribution in [-0.4, -0.2) is 11.1 Å². The van der Waals surface area contributed by atoms with Crippen LogP contribution >= 0.6 is 7.92 Å². The van der Waals surface area contributed by atoms with Crippen molar-refractivity contribution in [3.63, 3.8) is 0 Å². The van der Waals surface area contributed by atoms with Crippen LogP contribution in [0.25, 0.3) is 0 Å². The predicted octanol–water partition coefficient (Wildman–Crippen LogP) is 2.52. The molecule has 1 fully saturated rings. The fourth-order valence-corrected chi connectivity index (χ4v) is 2.66. The van der Waals surface area contributed by atoms with Crippen LogP contribution in [0.4, 0.5) is 0 Å². The Morgan fingerprint density at radius 2 is 2.46 bits per heavy atom. The summed E-state index contributed by atoms with van der Waals surface area (Å²) < 4.78 is 10.4. The molecule has 1 aliphatic carbocycles. The van der Waals surface area contributed by atoms with E-state index in [0.29, 0.717) is 12.8 Å². The Kier molecular flexibility index (Phi) is 3.35. The third kappa shape index (κ3) is 1.72. The summed E-state index contributed by atoms with van der Waals surface area (Å²) >= 11 is 0. The first-order chi connectivity index (χ1) is 6.17. The summed E-state index contributed by atoms with van der Waals surface area (Å²) in [5, 5.41) is 9.12. The zero-order valence-electron chi connectivity index (χ0n) is 7.62. The van der Waals surface area contributed by atoms with Gasteiger partial charge in [0.05, 0.1) is 0 Å². The van der Waals surface area contributed by atoms with E-state index in [4.69, 9.17) is 5.11 Å². The van der Waals surface area contributed by atoms with Crippen LogP contribution in [-0.2, 0) is 9.36 Å². The van der Waals surface area contributed by atoms with Gasteiger partial charge in [0, 0.05) is 0 Å². The van der Waals surface area contributed by atoms with Crippen molar-refractivity contribution in [2.75, 3.05) is 0 Å². The molecule has 3 nitrogen and oxygen atoms in total. The molecule has 0 aromatic heterocycles. The Bertz CT molecular complexity index is 306. The van der Waals surface area contributed by atoms with Gasteiger partial charge < -0.3 is 0 Å². The van der Waals surface area contributed by atoms with E-state index < -0.39 is 11.4 Å². The molecule has 1 N–H and O–H groups in total. The Morgan fingerprint density at radius 3 is 2.92 bits per heavy atom. The van der Waals surface area contributed by atoms with Gasteiger partial charge in [0.25, 0.3) is 0 Å². The molecule has 0 radical (unpaired) electrons. The second-order valence-electron chi connectivity index (χ2n) is 3.48. The molecular formula is C9H13O3P. The van der Waals surface area contributed by atoms with Gasteiger partial charge in [-0.15, -0.1) is 0 Å². The van der Waals surface area contributed by atoms with Gasteiger partial charge in [-0.05, 0) is 0 Å². The summed E-state index contributed by atoms with van der Waals surface area (Å²) in [6.07, 6.45) is 2.98. The van der Waals surface area contributed by atoms with Gasteiger partial charge in [0.1, 0.15) is 0 Å². The van der Waals surface area contributed by atoms with Crippen molar-refractivity contribution in [1.82, 2.24) is 0 Å². The summed E-state index contributed by atoms with van der Waals surface area (Å²) in [6, 6.07) is 0. The van der Waals surface area contributed by atoms with Crippen molar-refractivity contribution in [3.05, 3.63) is 0 Å². The van der Waals surface area contributed by atoms with Crippen LogP contribution in [0, 0.1) is 17.0 Å². The molecule has 0 heterocycles. The summed E-state index contributed by atoms with van der Waals surface area (Å²) in [6.45, 7) is 1.87. The minimum atomic E-state index is -0.770. The topological polar surface area (TPSA) is 54.4 Å². The number of carboxylic acid groups (broad SMARTS) is 1. The van der Waals surface area contributed by atoms with Crippen LogP contribution in [0.2, 0.25) is 0 Å². The van der Waals surface area contributed by atoms with E-state index in [1.54, 1.807) is 0 Å². The van der Waals surface area contributed by atoms with E-state index in [1.165, 1.54) is 0 Å². The maximum atomic E-state index is 11.1. The fraction of sp³-hybridized carbons (Fsp3) is 0.778. The average molecular weight is 200 g/mol. The first kappa shape index (κ1) is 10.6. The van der Waals surface area contributed by atoms with Gasteiger partial charge in [-0.2, -0.15) is 0 Å². The van der Waals surface area contributed by atoms with Crippen molar-refractivity contribution in [1.29, 1.82) is 0 Å². The molecule has 0 aromatic rings. The second kappa shape index (κ2) is 4.13. The molecule has 0 aliphatic heterocycles. The number of hydrogen-bond acceptors (Lipinski definition) is 2. The van der Waals surface area contributed by atoms with Crippen molar-refractivity contribution >= 4 is 13.9 Å². The normalized spacial score (nSPS) is 32.5. The Morgan fingerprint density at radius 1 is 1.77 bits per heavy atom. The van der Waals surface area contributed by atoms with Crippen LogP contribution in [0.15, 0.2) is 0 Å². The summed E-state index contributed by atoms with van der Waals surface area (Å²) in [5.41, 5.74) is 2.01. The second-order valence-corrected chi connectivity index (χ2v) is 3.92. The molecule has 1 aliphatic rings. The zero-order valence-corrected chi connectivity index (χ0v) is 8.51. The molecular weight excluding hydrogens is 187 g/mol. The first-order valence-electron chi connectivity index (χ1n) is 4.48. The van der Waals surface area contributed by atoms with Crippen molar-refractivity contribution in [2.24, 2.45) is 11.3 Å². The van der Waals surface area contributed by atoms with Crippen molar-refractivity contribution in [3.8, 4) is 5.63 Å². The quantitative estimate of drug-likeness (QED) is 0.697. The minimum absolute atomic E-state index is 0.144. The third-order valence-electron chi connectivity index (χ3n) is 3.05. The SMILES string of the molecule is CCC1(C(=O)O)CCCC1C#P=O. The fourth-order valence-electron chi connectivity index (χ4n) is 2.15. The number of carbonyl (C=O) groups is 1. The summed E-state index contributed by atoms with van der Waals surface area (Å²) in [5.74, 6) is -0.914. The number of rotatable bonds is 2. The van der Waals surface area contributed by atoms with Gasteiger partial charge >= 0.3 is 77.9 Å². The van der Waals surface area contributed by atoms with Crippen LogP contribution in [0.1, 0.15) is 32.6 Å². The van der Waals surface area contributed by atoms with Crippen LogP contribution in [0.3, 0.4) is 0 Å². The molecule has 1 saturated carbocycles. The molecule has 4 heteroatoms. The van der Waals surface area contributed by atoms with Gasteiger partial charge in [0.2, 0.25) is 0 Å². The van der Waals surface area contributed by atoms with Gasteiger partial charge in [-0.25, -0.2) is 0 Å². The summed E-state index contributed by atoms with van der Waals surface area (Å²) in [7, 11) is -0.169.